The van der Waals surface area contributed by atoms with Crippen LogP contribution in [0.2, 0.25) is 6.04 Å². The van der Waals surface area contributed by atoms with Gasteiger partial charge in [0.05, 0.1) is 0 Å². The molecule has 9 heavy (non-hydrogen) atoms. The van der Waals surface area contributed by atoms with Crippen LogP contribution < -0.4 is 0 Å². The van der Waals surface area contributed by atoms with Crippen LogP contribution in [-0.2, 0) is 0 Å². The number of hydrogen-bond acceptors (Lipinski definition) is 3. The minimum absolute atomic E-state index is 0.664. The summed E-state index contributed by atoms with van der Waals surface area (Å²) in [6, 6.07) is 0.664. The molecule has 0 saturated carbocycles. The van der Waals surface area contributed by atoms with Crippen molar-refractivity contribution in [1.29, 1.82) is 0 Å². The molecule has 0 aromatic rings. The fourth-order valence-corrected chi connectivity index (χ4v) is 4.75. The fourth-order valence-electron chi connectivity index (χ4n) is 0.942. The molecule has 0 aromatic carbocycles. The van der Waals surface area contributed by atoms with Gasteiger partial charge in [-0.05, 0) is 12.2 Å². The van der Waals surface area contributed by atoms with E-state index in [1.807, 2.05) is 0 Å². The summed E-state index contributed by atoms with van der Waals surface area (Å²) in [6.45, 7) is 0. The summed E-state index contributed by atoms with van der Waals surface area (Å²) in [5.74, 6) is 0.944. The molecule has 2 nitrogen and oxygen atoms in total. The van der Waals surface area contributed by atoms with E-state index in [2.05, 4.69) is 0 Å². The predicted molar refractivity (Wildman–Crippen MR) is 41.3 cm³/mol. The van der Waals surface area contributed by atoms with Gasteiger partial charge in [0.25, 0.3) is 0 Å². The highest BCUT2D eigenvalue weighted by molar-refractivity contribution is 8.27. The van der Waals surface area contributed by atoms with Crippen LogP contribution in [0.25, 0.3) is 0 Å². The van der Waals surface area contributed by atoms with Crippen LogP contribution in [-0.4, -0.2) is 23.1 Å². The Morgan fingerprint density at radius 3 is 2.67 bits per heavy atom. The van der Waals surface area contributed by atoms with Crippen LogP contribution in [0, 0.1) is 0 Å². The van der Waals surface area contributed by atoms with Gasteiger partial charge in [-0.2, -0.15) is 0 Å². The first-order chi connectivity index (χ1) is 4.21. The summed E-state index contributed by atoms with van der Waals surface area (Å²) in [4.78, 5) is 18.4. The van der Waals surface area contributed by atoms with E-state index in [9.17, 15) is 9.59 Å². The maximum atomic E-state index is 9.21. The summed E-state index contributed by atoms with van der Waals surface area (Å²) in [7, 11) is -2.72. The molecule has 0 spiro atoms. The molecule has 2 N–H and O–H groups in total. The summed E-state index contributed by atoms with van der Waals surface area (Å²) in [5.41, 5.74) is 0. The fraction of sp³-hybridized carbons (Fsp3) is 1.00. The highest BCUT2D eigenvalue weighted by Crippen LogP contribution is 2.26. The molecule has 54 valence electrons. The molecule has 1 rings (SSSR count). The van der Waals surface area contributed by atoms with Gasteiger partial charge in [-0.1, -0.05) is 12.8 Å². The Balaban J connectivity index is 2.36. The second-order valence-corrected chi connectivity index (χ2v) is 7.91. The summed E-state index contributed by atoms with van der Waals surface area (Å²) >= 11 is 1.39. The minimum Gasteiger partial charge on any atom is -0.403 e. The molecule has 0 radical (unpaired) electrons. The average molecular weight is 164 g/mol. The van der Waals surface area contributed by atoms with Crippen molar-refractivity contribution in [3.63, 3.8) is 0 Å². The van der Waals surface area contributed by atoms with E-state index in [1.54, 1.807) is 0 Å². The minimum atomic E-state index is -2.72. The molecule has 0 bridgehead atoms. The van der Waals surface area contributed by atoms with Gasteiger partial charge in [0.1, 0.15) is 0 Å². The zero-order chi connectivity index (χ0) is 6.74. The molecule has 0 aliphatic carbocycles. The zero-order valence-electron chi connectivity index (χ0n) is 5.34. The van der Waals surface area contributed by atoms with Crippen LogP contribution in [0.3, 0.4) is 0 Å². The lowest BCUT2D eigenvalue weighted by Gasteiger charge is -2.11. The molecule has 0 atom stereocenters. The first-order valence-corrected chi connectivity index (χ1v) is 7.11. The molecular formula is C5H12O2SSi. The summed E-state index contributed by atoms with van der Waals surface area (Å²) in [6.07, 6.45) is 3.33. The third kappa shape index (κ3) is 2.71. The van der Waals surface area contributed by atoms with Crippen LogP contribution in [0.5, 0.6) is 0 Å². The Hall–Kier alpha value is 0.487. The first kappa shape index (κ1) is 7.59. The molecule has 1 aliphatic heterocycles. The van der Waals surface area contributed by atoms with Gasteiger partial charge in [-0.25, -0.2) is 0 Å². The largest absolute Gasteiger partial charge is 0.403 e. The van der Waals surface area contributed by atoms with E-state index in [-0.39, 0.29) is 0 Å². The van der Waals surface area contributed by atoms with Gasteiger partial charge < -0.3 is 9.59 Å². The first-order valence-electron chi connectivity index (χ1n) is 3.29. The molecule has 0 aromatic heterocycles. The van der Waals surface area contributed by atoms with Crippen LogP contribution in [0.1, 0.15) is 19.3 Å². The van der Waals surface area contributed by atoms with Crippen molar-refractivity contribution in [2.45, 2.75) is 25.3 Å². The molecular weight excluding hydrogens is 152 g/mol. The molecule has 1 aliphatic rings. The Morgan fingerprint density at radius 2 is 1.89 bits per heavy atom. The van der Waals surface area contributed by atoms with Crippen LogP contribution in [0.4, 0.5) is 0 Å². The van der Waals surface area contributed by atoms with E-state index < -0.39 is 7.71 Å². The van der Waals surface area contributed by atoms with Crippen molar-refractivity contribution >= 4 is 18.9 Å². The van der Waals surface area contributed by atoms with Crippen LogP contribution in [0.15, 0.2) is 0 Å². The van der Waals surface area contributed by atoms with Gasteiger partial charge in [0.2, 0.25) is 0 Å². The summed E-state index contributed by atoms with van der Waals surface area (Å²) in [5, 5.41) is 0. The third-order valence-corrected chi connectivity index (χ3v) is 6.05. The van der Waals surface area contributed by atoms with E-state index in [1.165, 1.54) is 17.6 Å². The summed E-state index contributed by atoms with van der Waals surface area (Å²) < 4.78 is 0. The highest BCUT2D eigenvalue weighted by atomic mass is 32.4. The van der Waals surface area contributed by atoms with Crippen molar-refractivity contribution in [2.24, 2.45) is 0 Å². The Labute approximate surface area is 60.2 Å². The lowest BCUT2D eigenvalue weighted by atomic mass is 10.3. The van der Waals surface area contributed by atoms with E-state index in [0.717, 1.165) is 18.6 Å². The third-order valence-electron chi connectivity index (χ3n) is 1.48. The predicted octanol–water partition coefficient (Wildman–Crippen LogP) is 0.827. The second-order valence-electron chi connectivity index (χ2n) is 2.40. The standard InChI is InChI=1S/C5H12O2SSi/c6-9(7)5-3-1-2-4-8-9/h6-7H,1-5H2. The van der Waals surface area contributed by atoms with Crippen molar-refractivity contribution in [1.82, 2.24) is 0 Å². The van der Waals surface area contributed by atoms with Crippen molar-refractivity contribution in [3.05, 3.63) is 0 Å². The normalized spacial score (nSPS) is 27.3. The van der Waals surface area contributed by atoms with Gasteiger partial charge in [-0.15, -0.1) is 11.2 Å². The highest BCUT2D eigenvalue weighted by Gasteiger charge is 2.30. The number of rotatable bonds is 0. The maximum absolute atomic E-state index is 9.21. The van der Waals surface area contributed by atoms with E-state index >= 15 is 0 Å². The molecule has 1 fully saturated rings. The SMILES string of the molecule is O[Si]1(O)CCCCCS1. The van der Waals surface area contributed by atoms with Gasteiger partial charge in [0, 0.05) is 6.04 Å². The van der Waals surface area contributed by atoms with Gasteiger partial charge in [-0.3, -0.25) is 0 Å². The molecule has 1 heterocycles. The van der Waals surface area contributed by atoms with Crippen molar-refractivity contribution < 1.29 is 9.59 Å². The second kappa shape index (κ2) is 3.05. The quantitative estimate of drug-likeness (QED) is 0.521. The molecule has 0 amide bonds. The average Bonchev–Trinajstić information content (AvgIpc) is 1.92. The Bertz CT molecular complexity index is 87.0. The number of hydrogen-bond donors (Lipinski definition) is 2. The lowest BCUT2D eigenvalue weighted by molar-refractivity contribution is 0.392. The van der Waals surface area contributed by atoms with Gasteiger partial charge in [0.15, 0.2) is 0 Å². The molecule has 0 unspecified atom stereocenters. The van der Waals surface area contributed by atoms with Crippen molar-refractivity contribution in [2.75, 3.05) is 5.75 Å². The van der Waals surface area contributed by atoms with E-state index in [4.69, 9.17) is 0 Å². The Morgan fingerprint density at radius 1 is 1.11 bits per heavy atom. The molecule has 4 heteroatoms. The monoisotopic (exact) mass is 164 g/mol. The maximum Gasteiger partial charge on any atom is 0.400 e. The zero-order valence-corrected chi connectivity index (χ0v) is 7.15. The van der Waals surface area contributed by atoms with Gasteiger partial charge >= 0.3 is 7.71 Å². The smallest absolute Gasteiger partial charge is 0.400 e. The van der Waals surface area contributed by atoms with Crippen molar-refractivity contribution in [3.8, 4) is 0 Å². The topological polar surface area (TPSA) is 40.5 Å². The van der Waals surface area contributed by atoms with E-state index in [0.29, 0.717) is 6.04 Å². The Kier molecular flexibility index (Phi) is 2.57. The van der Waals surface area contributed by atoms with Crippen LogP contribution >= 0.6 is 11.2 Å². The molecule has 1 saturated heterocycles. The lowest BCUT2D eigenvalue weighted by Crippen LogP contribution is -2.29.